The molecule has 0 saturated carbocycles. The zero-order chi connectivity index (χ0) is 13.1. The number of amides is 1. The van der Waals surface area contributed by atoms with Crippen molar-refractivity contribution in [1.82, 2.24) is 15.5 Å². The molecule has 0 spiro atoms. The Morgan fingerprint density at radius 2 is 1.89 bits per heavy atom. The van der Waals surface area contributed by atoms with Crippen LogP contribution in [0, 0.1) is 20.8 Å². The molecular weight excluding hydrogens is 226 g/mol. The Morgan fingerprint density at radius 1 is 1.22 bits per heavy atom. The topological polar surface area (TPSA) is 57.8 Å². The average molecular weight is 243 g/mol. The summed E-state index contributed by atoms with van der Waals surface area (Å²) < 4.78 is 0. The fourth-order valence-electron chi connectivity index (χ4n) is 1.81. The smallest absolute Gasteiger partial charge is 0.251 e. The normalized spacial score (nSPS) is 10.4. The molecule has 2 aromatic rings. The highest BCUT2D eigenvalue weighted by Crippen LogP contribution is 2.09. The Hall–Kier alpha value is -2.10. The van der Waals surface area contributed by atoms with E-state index in [1.165, 1.54) is 0 Å². The largest absolute Gasteiger partial charge is 0.348 e. The van der Waals surface area contributed by atoms with Gasteiger partial charge in [0, 0.05) is 23.4 Å². The predicted molar refractivity (Wildman–Crippen MR) is 70.4 cm³/mol. The number of H-pyrrole nitrogens is 1. The Bertz CT molecular complexity index is 535. The molecule has 2 N–H and O–H groups in total. The van der Waals surface area contributed by atoms with Crippen LogP contribution in [0.2, 0.25) is 0 Å². The molecule has 1 amide bonds. The number of nitrogens with zero attached hydrogens (tertiary/aromatic N) is 1. The molecule has 4 heteroatoms. The van der Waals surface area contributed by atoms with Crippen molar-refractivity contribution in [2.24, 2.45) is 0 Å². The van der Waals surface area contributed by atoms with Gasteiger partial charge in [-0.2, -0.15) is 5.10 Å². The molecular formula is C14H17N3O. The van der Waals surface area contributed by atoms with Gasteiger partial charge in [-0.1, -0.05) is 17.7 Å². The van der Waals surface area contributed by atoms with Crippen molar-refractivity contribution in [3.63, 3.8) is 0 Å². The molecule has 1 aromatic heterocycles. The molecule has 18 heavy (non-hydrogen) atoms. The fourth-order valence-corrected chi connectivity index (χ4v) is 1.81. The summed E-state index contributed by atoms with van der Waals surface area (Å²) in [6.07, 6.45) is 0. The third-order valence-corrected chi connectivity index (χ3v) is 3.02. The third-order valence-electron chi connectivity index (χ3n) is 3.02. The number of benzene rings is 1. The number of rotatable bonds is 3. The number of carbonyl (C=O) groups is 1. The minimum absolute atomic E-state index is 0.0602. The molecule has 1 aromatic carbocycles. The van der Waals surface area contributed by atoms with Crippen molar-refractivity contribution in [2.75, 3.05) is 0 Å². The van der Waals surface area contributed by atoms with Gasteiger partial charge in [0.1, 0.15) is 0 Å². The lowest BCUT2D eigenvalue weighted by atomic mass is 10.1. The third kappa shape index (κ3) is 2.59. The molecule has 0 aliphatic rings. The van der Waals surface area contributed by atoms with Crippen LogP contribution in [0.25, 0.3) is 0 Å². The quantitative estimate of drug-likeness (QED) is 0.868. The first-order valence-electron chi connectivity index (χ1n) is 5.93. The Kier molecular flexibility index (Phi) is 3.46. The lowest BCUT2D eigenvalue weighted by Gasteiger charge is -2.05. The average Bonchev–Trinajstić information content (AvgIpc) is 2.67. The fraction of sp³-hybridized carbons (Fsp3) is 0.286. The SMILES string of the molecule is Cc1ccc(C(=O)NCc2c(C)n[nH]c2C)cc1. The van der Waals surface area contributed by atoms with Crippen molar-refractivity contribution in [3.8, 4) is 0 Å². The van der Waals surface area contributed by atoms with Gasteiger partial charge in [0.15, 0.2) is 0 Å². The van der Waals surface area contributed by atoms with E-state index in [1.807, 2.05) is 45.0 Å². The summed E-state index contributed by atoms with van der Waals surface area (Å²) in [6.45, 7) is 6.38. The molecule has 0 bridgehead atoms. The van der Waals surface area contributed by atoms with Crippen molar-refractivity contribution < 1.29 is 4.79 Å². The summed E-state index contributed by atoms with van der Waals surface area (Å²) in [5.41, 5.74) is 4.80. The minimum Gasteiger partial charge on any atom is -0.348 e. The number of aromatic nitrogens is 2. The summed E-state index contributed by atoms with van der Waals surface area (Å²) in [6, 6.07) is 7.53. The molecule has 0 aliphatic heterocycles. The highest BCUT2D eigenvalue weighted by atomic mass is 16.1. The number of aromatic amines is 1. The number of carbonyl (C=O) groups excluding carboxylic acids is 1. The van der Waals surface area contributed by atoms with Gasteiger partial charge in [-0.05, 0) is 32.9 Å². The highest BCUT2D eigenvalue weighted by Gasteiger charge is 2.09. The molecule has 0 saturated heterocycles. The standard InChI is InChI=1S/C14H17N3O/c1-9-4-6-12(7-5-9)14(18)15-8-13-10(2)16-17-11(13)3/h4-7H,8H2,1-3H3,(H,15,18)(H,16,17). The second kappa shape index (κ2) is 5.04. The van der Waals surface area contributed by atoms with Gasteiger partial charge in [-0.3, -0.25) is 9.89 Å². The Balaban J connectivity index is 2.03. The summed E-state index contributed by atoms with van der Waals surface area (Å²) in [7, 11) is 0. The lowest BCUT2D eigenvalue weighted by Crippen LogP contribution is -2.23. The molecule has 0 aliphatic carbocycles. The van der Waals surface area contributed by atoms with E-state index < -0.39 is 0 Å². The van der Waals surface area contributed by atoms with Crippen LogP contribution in [0.5, 0.6) is 0 Å². The van der Waals surface area contributed by atoms with Crippen LogP contribution in [-0.2, 0) is 6.54 Å². The number of hydrogen-bond donors (Lipinski definition) is 2. The first kappa shape index (κ1) is 12.4. The highest BCUT2D eigenvalue weighted by molar-refractivity contribution is 5.94. The van der Waals surface area contributed by atoms with Gasteiger partial charge in [-0.25, -0.2) is 0 Å². The van der Waals surface area contributed by atoms with Crippen LogP contribution in [0.4, 0.5) is 0 Å². The Morgan fingerprint density at radius 3 is 2.44 bits per heavy atom. The van der Waals surface area contributed by atoms with Crippen LogP contribution in [0.1, 0.15) is 32.9 Å². The van der Waals surface area contributed by atoms with Crippen molar-refractivity contribution in [3.05, 3.63) is 52.3 Å². The van der Waals surface area contributed by atoms with E-state index in [0.29, 0.717) is 12.1 Å². The zero-order valence-electron chi connectivity index (χ0n) is 10.9. The van der Waals surface area contributed by atoms with Crippen LogP contribution in [0.15, 0.2) is 24.3 Å². The monoisotopic (exact) mass is 243 g/mol. The Labute approximate surface area is 106 Å². The maximum absolute atomic E-state index is 11.9. The summed E-state index contributed by atoms with van der Waals surface area (Å²) in [4.78, 5) is 11.9. The maximum Gasteiger partial charge on any atom is 0.251 e. The number of nitrogens with one attached hydrogen (secondary N) is 2. The van der Waals surface area contributed by atoms with Crippen LogP contribution >= 0.6 is 0 Å². The van der Waals surface area contributed by atoms with Gasteiger partial charge in [0.05, 0.1) is 5.69 Å². The second-order valence-electron chi connectivity index (χ2n) is 4.46. The van der Waals surface area contributed by atoms with E-state index in [0.717, 1.165) is 22.5 Å². The second-order valence-corrected chi connectivity index (χ2v) is 4.46. The minimum atomic E-state index is -0.0602. The molecule has 1 heterocycles. The molecule has 2 rings (SSSR count). The molecule has 0 radical (unpaired) electrons. The molecule has 0 unspecified atom stereocenters. The van der Waals surface area contributed by atoms with Crippen molar-refractivity contribution in [1.29, 1.82) is 0 Å². The molecule has 0 atom stereocenters. The molecule has 0 fully saturated rings. The first-order chi connectivity index (χ1) is 8.58. The van der Waals surface area contributed by atoms with Crippen LogP contribution < -0.4 is 5.32 Å². The van der Waals surface area contributed by atoms with Gasteiger partial charge >= 0.3 is 0 Å². The first-order valence-corrected chi connectivity index (χ1v) is 5.93. The van der Waals surface area contributed by atoms with E-state index >= 15 is 0 Å². The van der Waals surface area contributed by atoms with Gasteiger partial charge < -0.3 is 5.32 Å². The van der Waals surface area contributed by atoms with Crippen LogP contribution in [0.3, 0.4) is 0 Å². The number of hydrogen-bond acceptors (Lipinski definition) is 2. The van der Waals surface area contributed by atoms with E-state index in [-0.39, 0.29) is 5.91 Å². The van der Waals surface area contributed by atoms with E-state index in [1.54, 1.807) is 0 Å². The van der Waals surface area contributed by atoms with Gasteiger partial charge in [-0.15, -0.1) is 0 Å². The van der Waals surface area contributed by atoms with Gasteiger partial charge in [0.2, 0.25) is 0 Å². The summed E-state index contributed by atoms with van der Waals surface area (Å²) in [5, 5.41) is 9.91. The zero-order valence-corrected chi connectivity index (χ0v) is 10.9. The van der Waals surface area contributed by atoms with E-state index in [2.05, 4.69) is 15.5 Å². The van der Waals surface area contributed by atoms with Crippen molar-refractivity contribution >= 4 is 5.91 Å². The lowest BCUT2D eigenvalue weighted by molar-refractivity contribution is 0.0951. The van der Waals surface area contributed by atoms with Crippen molar-refractivity contribution in [2.45, 2.75) is 27.3 Å². The summed E-state index contributed by atoms with van der Waals surface area (Å²) >= 11 is 0. The van der Waals surface area contributed by atoms with Crippen LogP contribution in [-0.4, -0.2) is 16.1 Å². The van der Waals surface area contributed by atoms with Gasteiger partial charge in [0.25, 0.3) is 5.91 Å². The summed E-state index contributed by atoms with van der Waals surface area (Å²) in [5.74, 6) is -0.0602. The number of aryl methyl sites for hydroxylation is 3. The van der Waals surface area contributed by atoms with E-state index in [4.69, 9.17) is 0 Å². The predicted octanol–water partition coefficient (Wildman–Crippen LogP) is 2.26. The van der Waals surface area contributed by atoms with E-state index in [9.17, 15) is 4.79 Å². The maximum atomic E-state index is 11.9. The molecule has 4 nitrogen and oxygen atoms in total. The molecule has 94 valence electrons.